The van der Waals surface area contributed by atoms with Gasteiger partial charge in [0.2, 0.25) is 0 Å². The van der Waals surface area contributed by atoms with Crippen molar-refractivity contribution in [2.24, 2.45) is 5.73 Å². The third-order valence-electron chi connectivity index (χ3n) is 3.95. The maximum atomic E-state index is 13.0. The molecule has 112 valence electrons. The van der Waals surface area contributed by atoms with Crippen LogP contribution in [0.15, 0.2) is 42.5 Å². The summed E-state index contributed by atoms with van der Waals surface area (Å²) in [5.74, 6) is -0.215. The summed E-state index contributed by atoms with van der Waals surface area (Å²) in [5, 5.41) is 0. The number of nitrogens with zero attached hydrogens (tertiary/aromatic N) is 1. The Morgan fingerprint density at radius 3 is 2.29 bits per heavy atom. The topological polar surface area (TPSA) is 29.3 Å². The molecule has 2 N–H and O–H groups in total. The van der Waals surface area contributed by atoms with Crippen molar-refractivity contribution in [1.29, 1.82) is 0 Å². The van der Waals surface area contributed by atoms with Crippen LogP contribution in [0.25, 0.3) is 0 Å². The molecule has 2 nitrogen and oxygen atoms in total. The van der Waals surface area contributed by atoms with Crippen LogP contribution in [0.5, 0.6) is 0 Å². The Balaban J connectivity index is 2.13. The number of anilines is 1. The Kier molecular flexibility index (Phi) is 4.97. The van der Waals surface area contributed by atoms with Gasteiger partial charge in [-0.2, -0.15) is 0 Å². The fraction of sp³-hybridized carbons (Fsp3) is 0.333. The first-order chi connectivity index (χ1) is 10.0. The van der Waals surface area contributed by atoms with Gasteiger partial charge in [0.15, 0.2) is 0 Å². The van der Waals surface area contributed by atoms with Gasteiger partial charge in [0, 0.05) is 24.8 Å². The van der Waals surface area contributed by atoms with E-state index in [0.29, 0.717) is 6.54 Å². The standard InChI is InChI=1S/C18H23FN2/c1-4-21(17-9-7-16(19)8-10-17)12-18(20)15-6-5-13(2)14(3)11-15/h5-11,18H,4,12,20H2,1-3H3. The van der Waals surface area contributed by atoms with Gasteiger partial charge in [-0.3, -0.25) is 0 Å². The van der Waals surface area contributed by atoms with Crippen molar-refractivity contribution in [2.75, 3.05) is 18.0 Å². The summed E-state index contributed by atoms with van der Waals surface area (Å²) < 4.78 is 13.0. The third kappa shape index (κ3) is 3.82. The predicted octanol–water partition coefficient (Wildman–Crippen LogP) is 3.97. The van der Waals surface area contributed by atoms with Gasteiger partial charge in [-0.1, -0.05) is 18.2 Å². The fourth-order valence-electron chi connectivity index (χ4n) is 2.41. The average Bonchev–Trinajstić information content (AvgIpc) is 2.48. The zero-order chi connectivity index (χ0) is 15.4. The SMILES string of the molecule is CCN(CC(N)c1ccc(C)c(C)c1)c1ccc(F)cc1. The average molecular weight is 286 g/mol. The predicted molar refractivity (Wildman–Crippen MR) is 87.1 cm³/mol. The zero-order valence-electron chi connectivity index (χ0n) is 12.9. The molecule has 1 atom stereocenters. The van der Waals surface area contributed by atoms with Crippen molar-refractivity contribution in [1.82, 2.24) is 0 Å². The largest absolute Gasteiger partial charge is 0.370 e. The highest BCUT2D eigenvalue weighted by Crippen LogP contribution is 2.20. The lowest BCUT2D eigenvalue weighted by atomic mass is 10.0. The minimum Gasteiger partial charge on any atom is -0.370 e. The van der Waals surface area contributed by atoms with E-state index in [1.807, 2.05) is 0 Å². The fourth-order valence-corrected chi connectivity index (χ4v) is 2.41. The lowest BCUT2D eigenvalue weighted by molar-refractivity contribution is 0.626. The van der Waals surface area contributed by atoms with Crippen LogP contribution in [0.4, 0.5) is 10.1 Å². The molecule has 0 fully saturated rings. The molecule has 1 unspecified atom stereocenters. The second kappa shape index (κ2) is 6.72. The first-order valence-corrected chi connectivity index (χ1v) is 7.34. The molecule has 21 heavy (non-hydrogen) atoms. The molecule has 2 rings (SSSR count). The number of hydrogen-bond acceptors (Lipinski definition) is 2. The summed E-state index contributed by atoms with van der Waals surface area (Å²) in [6.07, 6.45) is 0. The zero-order valence-corrected chi connectivity index (χ0v) is 12.9. The lowest BCUT2D eigenvalue weighted by Crippen LogP contribution is -2.32. The van der Waals surface area contributed by atoms with Gasteiger partial charge in [-0.05, 0) is 61.7 Å². The van der Waals surface area contributed by atoms with Crippen molar-refractivity contribution in [3.05, 3.63) is 65.0 Å². The molecule has 2 aromatic carbocycles. The molecule has 2 aromatic rings. The van der Waals surface area contributed by atoms with Crippen LogP contribution in [0.3, 0.4) is 0 Å². The van der Waals surface area contributed by atoms with Crippen LogP contribution >= 0.6 is 0 Å². The van der Waals surface area contributed by atoms with Gasteiger partial charge in [0.05, 0.1) is 0 Å². The van der Waals surface area contributed by atoms with E-state index < -0.39 is 0 Å². The van der Waals surface area contributed by atoms with Crippen molar-refractivity contribution >= 4 is 5.69 Å². The molecular weight excluding hydrogens is 263 g/mol. The van der Waals surface area contributed by atoms with E-state index >= 15 is 0 Å². The van der Waals surface area contributed by atoms with Crippen molar-refractivity contribution in [2.45, 2.75) is 26.8 Å². The Hall–Kier alpha value is -1.87. The molecule has 0 aliphatic carbocycles. The maximum absolute atomic E-state index is 13.0. The highest BCUT2D eigenvalue weighted by molar-refractivity contribution is 5.46. The van der Waals surface area contributed by atoms with Crippen molar-refractivity contribution in [3.8, 4) is 0 Å². The number of likely N-dealkylation sites (N-methyl/N-ethyl adjacent to an activating group) is 1. The van der Waals surface area contributed by atoms with E-state index in [1.165, 1.54) is 23.3 Å². The van der Waals surface area contributed by atoms with Crippen LogP contribution in [0, 0.1) is 19.7 Å². The second-order valence-electron chi connectivity index (χ2n) is 5.47. The maximum Gasteiger partial charge on any atom is 0.123 e. The van der Waals surface area contributed by atoms with Crippen LogP contribution in [-0.2, 0) is 0 Å². The summed E-state index contributed by atoms with van der Waals surface area (Å²) in [6, 6.07) is 12.9. The number of hydrogen-bond donors (Lipinski definition) is 1. The minimum absolute atomic E-state index is 0.0608. The molecule has 0 saturated heterocycles. The smallest absolute Gasteiger partial charge is 0.123 e. The van der Waals surface area contributed by atoms with Crippen molar-refractivity contribution in [3.63, 3.8) is 0 Å². The van der Waals surface area contributed by atoms with Gasteiger partial charge in [-0.25, -0.2) is 4.39 Å². The molecule has 0 saturated carbocycles. The Labute approximate surface area is 126 Å². The van der Waals surface area contributed by atoms with E-state index in [-0.39, 0.29) is 11.9 Å². The minimum atomic E-state index is -0.215. The normalized spacial score (nSPS) is 12.2. The van der Waals surface area contributed by atoms with Crippen molar-refractivity contribution < 1.29 is 4.39 Å². The number of rotatable bonds is 5. The monoisotopic (exact) mass is 286 g/mol. The lowest BCUT2D eigenvalue weighted by Gasteiger charge is -2.27. The van der Waals surface area contributed by atoms with Crippen LogP contribution < -0.4 is 10.6 Å². The molecule has 0 bridgehead atoms. The van der Waals surface area contributed by atoms with Crippen LogP contribution in [0.2, 0.25) is 0 Å². The van der Waals surface area contributed by atoms with E-state index in [9.17, 15) is 4.39 Å². The molecular formula is C18H23FN2. The Bertz CT molecular complexity index is 593. The third-order valence-corrected chi connectivity index (χ3v) is 3.95. The summed E-state index contributed by atoms with van der Waals surface area (Å²) in [5.41, 5.74) is 11.0. The highest BCUT2D eigenvalue weighted by Gasteiger charge is 2.12. The summed E-state index contributed by atoms with van der Waals surface area (Å²) >= 11 is 0. The van der Waals surface area contributed by atoms with E-state index in [0.717, 1.165) is 17.8 Å². The highest BCUT2D eigenvalue weighted by atomic mass is 19.1. The van der Waals surface area contributed by atoms with E-state index in [4.69, 9.17) is 5.73 Å². The van der Waals surface area contributed by atoms with Gasteiger partial charge in [0.25, 0.3) is 0 Å². The van der Waals surface area contributed by atoms with E-state index in [1.54, 1.807) is 12.1 Å². The molecule has 0 spiro atoms. The summed E-state index contributed by atoms with van der Waals surface area (Å²) in [6.45, 7) is 7.83. The summed E-state index contributed by atoms with van der Waals surface area (Å²) in [4.78, 5) is 2.17. The van der Waals surface area contributed by atoms with Gasteiger partial charge < -0.3 is 10.6 Å². The number of aryl methyl sites for hydroxylation is 2. The number of nitrogens with two attached hydrogens (primary N) is 1. The molecule has 3 heteroatoms. The first kappa shape index (κ1) is 15.5. The molecule has 0 radical (unpaired) electrons. The molecule has 0 amide bonds. The molecule has 0 aliphatic rings. The Morgan fingerprint density at radius 2 is 1.71 bits per heavy atom. The number of halogens is 1. The number of benzene rings is 2. The first-order valence-electron chi connectivity index (χ1n) is 7.34. The molecule has 0 aliphatic heterocycles. The van der Waals surface area contributed by atoms with E-state index in [2.05, 4.69) is 43.9 Å². The van der Waals surface area contributed by atoms with Gasteiger partial charge in [-0.15, -0.1) is 0 Å². The quantitative estimate of drug-likeness (QED) is 0.901. The molecule has 0 heterocycles. The van der Waals surface area contributed by atoms with Gasteiger partial charge >= 0.3 is 0 Å². The molecule has 0 aromatic heterocycles. The van der Waals surface area contributed by atoms with Gasteiger partial charge in [0.1, 0.15) is 5.82 Å². The Morgan fingerprint density at radius 1 is 1.05 bits per heavy atom. The van der Waals surface area contributed by atoms with Crippen LogP contribution in [0.1, 0.15) is 29.7 Å². The van der Waals surface area contributed by atoms with Crippen LogP contribution in [-0.4, -0.2) is 13.1 Å². The second-order valence-corrected chi connectivity index (χ2v) is 5.47. The summed E-state index contributed by atoms with van der Waals surface area (Å²) in [7, 11) is 0.